The molecule has 0 atom stereocenters. The zero-order valence-electron chi connectivity index (χ0n) is 23.3. The van der Waals surface area contributed by atoms with E-state index in [2.05, 4.69) is 17.0 Å². The van der Waals surface area contributed by atoms with E-state index in [9.17, 15) is 13.2 Å². The maximum atomic E-state index is 12.9. The first-order chi connectivity index (χ1) is 17.9. The van der Waals surface area contributed by atoms with Crippen LogP contribution in [0.1, 0.15) is 97.8 Å². The Morgan fingerprint density at radius 3 is 1.95 bits per heavy atom. The average molecular weight is 541 g/mol. The van der Waals surface area contributed by atoms with Crippen LogP contribution in [0.3, 0.4) is 0 Å². The summed E-state index contributed by atoms with van der Waals surface area (Å²) in [7, 11) is -2.22. The Balaban J connectivity index is 2.53. The van der Waals surface area contributed by atoms with Gasteiger partial charge in [0, 0.05) is 6.54 Å². The van der Waals surface area contributed by atoms with Crippen molar-refractivity contribution in [3.8, 4) is 5.75 Å². The van der Waals surface area contributed by atoms with Gasteiger partial charge in [-0.2, -0.15) is 0 Å². The Kier molecular flexibility index (Phi) is 17.5. The van der Waals surface area contributed by atoms with Crippen LogP contribution in [-0.4, -0.2) is 41.3 Å². The van der Waals surface area contributed by atoms with E-state index in [1.165, 1.54) is 83.1 Å². The Hall–Kier alpha value is -2.26. The van der Waals surface area contributed by atoms with Gasteiger partial charge in [0.1, 0.15) is 5.75 Å². The largest absolute Gasteiger partial charge is 0.495 e. The molecule has 0 aliphatic heterocycles. The normalized spacial score (nSPS) is 11.8. The second-order valence-electron chi connectivity index (χ2n) is 8.97. The molecule has 1 rings (SSSR count). The zero-order valence-corrected chi connectivity index (χ0v) is 24.1. The summed E-state index contributed by atoms with van der Waals surface area (Å²) in [6.45, 7) is 6.66. The lowest BCUT2D eigenvalue weighted by molar-refractivity contribution is -0.137. The number of carbonyl (C=O) groups is 1. The topological polar surface area (TPSA) is 103 Å². The zero-order chi connectivity index (χ0) is 27.4. The Morgan fingerprint density at radius 2 is 1.41 bits per heavy atom. The lowest BCUT2D eigenvalue weighted by Crippen LogP contribution is -2.25. The molecule has 1 aromatic carbocycles. The number of ether oxygens (including phenoxy) is 3. The molecular formula is C28H48N2O6S. The summed E-state index contributed by atoms with van der Waals surface area (Å²) in [4.78, 5) is 11.9. The van der Waals surface area contributed by atoms with Crippen LogP contribution in [-0.2, 0) is 24.3 Å². The number of anilines is 1. The Morgan fingerprint density at radius 1 is 0.838 bits per heavy atom. The highest BCUT2D eigenvalue weighted by molar-refractivity contribution is 7.89. The van der Waals surface area contributed by atoms with Gasteiger partial charge in [0.2, 0.25) is 10.0 Å². The van der Waals surface area contributed by atoms with Crippen LogP contribution in [0, 0.1) is 0 Å². The molecule has 2 N–H and O–H groups in total. The van der Waals surface area contributed by atoms with Crippen LogP contribution in [0.2, 0.25) is 0 Å². The highest BCUT2D eigenvalue weighted by Gasteiger charge is 2.17. The van der Waals surface area contributed by atoms with Crippen LogP contribution in [0.25, 0.3) is 0 Å². The number of carbonyl (C=O) groups excluding carboxylic acids is 1. The van der Waals surface area contributed by atoms with Gasteiger partial charge in [-0.1, -0.05) is 77.6 Å². The van der Waals surface area contributed by atoms with Gasteiger partial charge < -0.3 is 19.5 Å². The Labute approximate surface area is 224 Å². The molecule has 0 amide bonds. The minimum Gasteiger partial charge on any atom is -0.495 e. The van der Waals surface area contributed by atoms with Crippen molar-refractivity contribution in [2.75, 3.05) is 32.2 Å². The monoisotopic (exact) mass is 540 g/mol. The van der Waals surface area contributed by atoms with E-state index in [0.29, 0.717) is 24.6 Å². The summed E-state index contributed by atoms with van der Waals surface area (Å²) in [5.41, 5.74) is 0.361. The minimum atomic E-state index is -3.70. The molecule has 9 heteroatoms. The lowest BCUT2D eigenvalue weighted by Gasteiger charge is -2.16. The smallest absolute Gasteiger partial charge is 0.336 e. The standard InChI is InChI=1S/C28H48N2O6S/c1-5-8-9-10-11-12-13-14-15-16-17-18-21-29-37(32,33)24-19-20-26(34-4)25(22-24)30-27(35-6-2)23-28(31)36-7-3/h19-20,22-23,29-30H,5-18,21H2,1-4H3. The van der Waals surface area contributed by atoms with E-state index in [-0.39, 0.29) is 17.4 Å². The second-order valence-corrected chi connectivity index (χ2v) is 10.7. The van der Waals surface area contributed by atoms with Crippen LogP contribution in [0.5, 0.6) is 5.75 Å². The number of esters is 1. The van der Waals surface area contributed by atoms with Crippen molar-refractivity contribution < 1.29 is 27.4 Å². The molecule has 0 aliphatic rings. The fourth-order valence-corrected chi connectivity index (χ4v) is 5.00. The number of hydrogen-bond donors (Lipinski definition) is 2. The molecule has 0 radical (unpaired) electrons. The molecule has 0 spiro atoms. The van der Waals surface area contributed by atoms with Gasteiger partial charge in [0.15, 0.2) is 5.88 Å². The van der Waals surface area contributed by atoms with E-state index < -0.39 is 16.0 Å². The maximum absolute atomic E-state index is 12.9. The SMILES string of the molecule is CCCCCCCCCCCCCCNS(=O)(=O)c1ccc(OC)c(NC(=CC(=O)OCC)OCC)c1. The molecular weight excluding hydrogens is 492 g/mol. The van der Waals surface area contributed by atoms with Crippen molar-refractivity contribution in [3.05, 3.63) is 30.2 Å². The summed E-state index contributed by atoms with van der Waals surface area (Å²) in [5.74, 6) is -0.0158. The van der Waals surface area contributed by atoms with Crippen molar-refractivity contribution >= 4 is 21.7 Å². The molecule has 0 fully saturated rings. The van der Waals surface area contributed by atoms with E-state index >= 15 is 0 Å². The van der Waals surface area contributed by atoms with Crippen LogP contribution in [0.15, 0.2) is 35.1 Å². The highest BCUT2D eigenvalue weighted by atomic mass is 32.2. The van der Waals surface area contributed by atoms with Crippen LogP contribution >= 0.6 is 0 Å². The fourth-order valence-electron chi connectivity index (χ4n) is 3.90. The van der Waals surface area contributed by atoms with E-state index in [1.807, 2.05) is 0 Å². The van der Waals surface area contributed by atoms with E-state index in [0.717, 1.165) is 19.3 Å². The van der Waals surface area contributed by atoms with E-state index in [1.54, 1.807) is 19.9 Å². The summed E-state index contributed by atoms with van der Waals surface area (Å²) in [6.07, 6.45) is 15.9. The molecule has 37 heavy (non-hydrogen) atoms. The third-order valence-electron chi connectivity index (χ3n) is 5.90. The third-order valence-corrected chi connectivity index (χ3v) is 7.36. The number of hydrogen-bond acceptors (Lipinski definition) is 7. The van der Waals surface area contributed by atoms with Gasteiger partial charge in [0.05, 0.1) is 37.0 Å². The summed E-state index contributed by atoms with van der Waals surface area (Å²) < 4.78 is 44.2. The number of unbranched alkanes of at least 4 members (excludes halogenated alkanes) is 11. The second kappa shape index (κ2) is 19.8. The number of nitrogens with one attached hydrogen (secondary N) is 2. The molecule has 0 aromatic heterocycles. The summed E-state index contributed by atoms with van der Waals surface area (Å²) in [6, 6.07) is 4.51. The first kappa shape index (κ1) is 32.8. The van der Waals surface area contributed by atoms with Gasteiger partial charge in [0.25, 0.3) is 0 Å². The average Bonchev–Trinajstić information content (AvgIpc) is 2.87. The highest BCUT2D eigenvalue weighted by Crippen LogP contribution is 2.29. The Bertz CT molecular complexity index is 902. The van der Waals surface area contributed by atoms with E-state index in [4.69, 9.17) is 14.2 Å². The van der Waals surface area contributed by atoms with Gasteiger partial charge in [-0.05, 0) is 38.5 Å². The number of sulfonamides is 1. The minimum absolute atomic E-state index is 0.0988. The number of benzene rings is 1. The molecule has 0 aliphatic carbocycles. The molecule has 0 heterocycles. The van der Waals surface area contributed by atoms with Crippen molar-refractivity contribution in [2.45, 2.75) is 103 Å². The number of rotatable bonds is 22. The van der Waals surface area contributed by atoms with Crippen molar-refractivity contribution in [1.29, 1.82) is 0 Å². The molecule has 0 bridgehead atoms. The molecule has 0 unspecified atom stereocenters. The van der Waals surface area contributed by atoms with Crippen molar-refractivity contribution in [3.63, 3.8) is 0 Å². The predicted molar refractivity (Wildman–Crippen MR) is 149 cm³/mol. The van der Waals surface area contributed by atoms with Crippen LogP contribution in [0.4, 0.5) is 5.69 Å². The first-order valence-electron chi connectivity index (χ1n) is 13.8. The molecule has 212 valence electrons. The van der Waals surface area contributed by atoms with Crippen molar-refractivity contribution in [2.24, 2.45) is 0 Å². The summed E-state index contributed by atoms with van der Waals surface area (Å²) >= 11 is 0. The quantitative estimate of drug-likeness (QED) is 0.0746. The lowest BCUT2D eigenvalue weighted by atomic mass is 10.1. The van der Waals surface area contributed by atoms with Gasteiger partial charge >= 0.3 is 5.97 Å². The molecule has 0 saturated heterocycles. The van der Waals surface area contributed by atoms with Gasteiger partial charge in [-0.3, -0.25) is 0 Å². The molecule has 0 saturated carbocycles. The molecule has 8 nitrogen and oxygen atoms in total. The first-order valence-corrected chi connectivity index (χ1v) is 15.3. The van der Waals surface area contributed by atoms with Gasteiger partial charge in [-0.25, -0.2) is 17.9 Å². The maximum Gasteiger partial charge on any atom is 0.336 e. The number of methoxy groups -OCH3 is 1. The fraction of sp³-hybridized carbons (Fsp3) is 0.679. The van der Waals surface area contributed by atoms with Crippen LogP contribution < -0.4 is 14.8 Å². The third kappa shape index (κ3) is 14.3. The predicted octanol–water partition coefficient (Wildman–Crippen LogP) is 6.53. The summed E-state index contributed by atoms with van der Waals surface area (Å²) in [5, 5.41) is 2.94. The van der Waals surface area contributed by atoms with Gasteiger partial charge in [-0.15, -0.1) is 0 Å². The molecule has 1 aromatic rings. The van der Waals surface area contributed by atoms with Crippen molar-refractivity contribution in [1.82, 2.24) is 4.72 Å².